The van der Waals surface area contributed by atoms with Crippen molar-refractivity contribution in [3.8, 4) is 0 Å². The van der Waals surface area contributed by atoms with E-state index in [2.05, 4.69) is 20.2 Å². The van der Waals surface area contributed by atoms with Crippen molar-refractivity contribution < 1.29 is 8.78 Å². The highest BCUT2D eigenvalue weighted by Crippen LogP contribution is 2.61. The molecule has 1 saturated heterocycles. The Morgan fingerprint density at radius 3 is 2.79 bits per heavy atom. The molecular weight excluding hydrogens is 252 g/mol. The van der Waals surface area contributed by atoms with Crippen LogP contribution in [0.2, 0.25) is 0 Å². The van der Waals surface area contributed by atoms with E-state index in [0.717, 1.165) is 0 Å². The fourth-order valence-electron chi connectivity index (χ4n) is 2.85. The molecule has 0 unspecified atom stereocenters. The molecule has 2 fully saturated rings. The van der Waals surface area contributed by atoms with E-state index < -0.39 is 11.3 Å². The van der Waals surface area contributed by atoms with Crippen molar-refractivity contribution in [2.45, 2.75) is 25.2 Å². The molecule has 3 heterocycles. The van der Waals surface area contributed by atoms with Gasteiger partial charge in [0.05, 0.1) is 18.9 Å². The molecule has 1 aliphatic heterocycles. The molecule has 2 aromatic heterocycles. The first-order chi connectivity index (χ1) is 9.10. The van der Waals surface area contributed by atoms with Gasteiger partial charge >= 0.3 is 0 Å². The van der Waals surface area contributed by atoms with E-state index in [1.54, 1.807) is 17.3 Å². The first-order valence-electron chi connectivity index (χ1n) is 6.39. The Morgan fingerprint density at radius 2 is 2.05 bits per heavy atom. The summed E-state index contributed by atoms with van der Waals surface area (Å²) in [6.07, 6.45) is 4.94. The summed E-state index contributed by atoms with van der Waals surface area (Å²) >= 11 is 0. The highest BCUT2D eigenvalue weighted by molar-refractivity contribution is 5.70. The smallest absolute Gasteiger partial charge is 0.270 e. The summed E-state index contributed by atoms with van der Waals surface area (Å²) < 4.78 is 28.2. The largest absolute Gasteiger partial charge is 0.349 e. The van der Waals surface area contributed by atoms with Gasteiger partial charge in [-0.05, 0) is 19.3 Å². The van der Waals surface area contributed by atoms with Crippen molar-refractivity contribution in [1.82, 2.24) is 20.2 Å². The van der Waals surface area contributed by atoms with Crippen molar-refractivity contribution >= 4 is 17.0 Å². The van der Waals surface area contributed by atoms with Crippen LogP contribution in [0.25, 0.3) is 11.2 Å². The number of rotatable bonds is 1. The number of aromatic nitrogens is 4. The SMILES string of the molecule is FC1(F)CN(c2cnc3cn[nH]c3n2)CCC12CC2. The topological polar surface area (TPSA) is 57.7 Å². The Kier molecular flexibility index (Phi) is 1.98. The van der Waals surface area contributed by atoms with Gasteiger partial charge in [-0.15, -0.1) is 0 Å². The molecular formula is C12H13F2N5. The number of hydrogen-bond donors (Lipinski definition) is 1. The number of fused-ring (bicyclic) bond motifs is 1. The Labute approximate surface area is 108 Å². The highest BCUT2D eigenvalue weighted by Gasteiger charge is 2.63. The fourth-order valence-corrected chi connectivity index (χ4v) is 2.85. The molecule has 1 aliphatic carbocycles. The molecule has 0 atom stereocenters. The van der Waals surface area contributed by atoms with Crippen molar-refractivity contribution in [2.24, 2.45) is 5.41 Å². The van der Waals surface area contributed by atoms with Crippen LogP contribution in [-0.4, -0.2) is 39.2 Å². The summed E-state index contributed by atoms with van der Waals surface area (Å²) in [5.41, 5.74) is 0.452. The van der Waals surface area contributed by atoms with Gasteiger partial charge in [0.2, 0.25) is 0 Å². The minimum Gasteiger partial charge on any atom is -0.349 e. The standard InChI is InChI=1S/C12H13F2N5/c13-12(14)7-19(4-3-11(12)1-2-11)9-6-15-8-5-16-18-10(8)17-9/h5-6H,1-4,7H2,(H,16,17,18). The summed E-state index contributed by atoms with van der Waals surface area (Å²) in [5, 5.41) is 6.54. The normalized spacial score (nSPS) is 24.0. The second-order valence-corrected chi connectivity index (χ2v) is 5.49. The molecule has 1 saturated carbocycles. The third kappa shape index (κ3) is 1.53. The number of nitrogens with one attached hydrogen (secondary N) is 1. The maximum absolute atomic E-state index is 14.1. The van der Waals surface area contributed by atoms with Gasteiger partial charge in [0, 0.05) is 12.0 Å². The molecule has 100 valence electrons. The Hall–Kier alpha value is -1.79. The lowest BCUT2D eigenvalue weighted by Gasteiger charge is -2.39. The van der Waals surface area contributed by atoms with Crippen molar-refractivity contribution in [3.05, 3.63) is 12.4 Å². The van der Waals surface area contributed by atoms with Gasteiger partial charge in [-0.2, -0.15) is 5.10 Å². The molecule has 1 spiro atoms. The van der Waals surface area contributed by atoms with Crippen LogP contribution in [0.5, 0.6) is 0 Å². The summed E-state index contributed by atoms with van der Waals surface area (Å²) in [6, 6.07) is 0. The van der Waals surface area contributed by atoms with E-state index >= 15 is 0 Å². The van der Waals surface area contributed by atoms with Gasteiger partial charge in [0.1, 0.15) is 11.3 Å². The van der Waals surface area contributed by atoms with Crippen molar-refractivity contribution in [2.75, 3.05) is 18.0 Å². The van der Waals surface area contributed by atoms with Crippen LogP contribution in [0.4, 0.5) is 14.6 Å². The second-order valence-electron chi connectivity index (χ2n) is 5.49. The third-order valence-corrected chi connectivity index (χ3v) is 4.35. The zero-order valence-electron chi connectivity index (χ0n) is 10.2. The molecule has 7 heteroatoms. The quantitative estimate of drug-likeness (QED) is 0.856. The lowest BCUT2D eigenvalue weighted by Crippen LogP contribution is -2.50. The number of piperidine rings is 1. The molecule has 4 rings (SSSR count). The van der Waals surface area contributed by atoms with E-state index in [1.165, 1.54) is 0 Å². The van der Waals surface area contributed by atoms with E-state index in [4.69, 9.17) is 0 Å². The molecule has 0 radical (unpaired) electrons. The van der Waals surface area contributed by atoms with Crippen LogP contribution < -0.4 is 4.90 Å². The Morgan fingerprint density at radius 1 is 1.21 bits per heavy atom. The number of H-pyrrole nitrogens is 1. The van der Waals surface area contributed by atoms with Crippen molar-refractivity contribution in [3.63, 3.8) is 0 Å². The molecule has 5 nitrogen and oxygen atoms in total. The van der Waals surface area contributed by atoms with Gasteiger partial charge in [-0.25, -0.2) is 18.7 Å². The Balaban J connectivity index is 1.65. The average Bonchev–Trinajstić information content (AvgIpc) is 3.03. The molecule has 2 aliphatic rings. The maximum atomic E-state index is 14.1. The highest BCUT2D eigenvalue weighted by atomic mass is 19.3. The zero-order valence-corrected chi connectivity index (χ0v) is 10.2. The van der Waals surface area contributed by atoms with E-state index in [1.807, 2.05) is 0 Å². The molecule has 1 N–H and O–H groups in total. The molecule has 0 amide bonds. The molecule has 19 heavy (non-hydrogen) atoms. The number of hydrogen-bond acceptors (Lipinski definition) is 4. The molecule has 0 bridgehead atoms. The third-order valence-electron chi connectivity index (χ3n) is 4.35. The van der Waals surface area contributed by atoms with Crippen LogP contribution >= 0.6 is 0 Å². The average molecular weight is 265 g/mol. The first-order valence-corrected chi connectivity index (χ1v) is 6.39. The summed E-state index contributed by atoms with van der Waals surface area (Å²) in [7, 11) is 0. The first kappa shape index (κ1) is 11.1. The summed E-state index contributed by atoms with van der Waals surface area (Å²) in [5.74, 6) is -2.14. The fraction of sp³-hybridized carbons (Fsp3) is 0.583. The van der Waals surface area contributed by atoms with Crippen LogP contribution in [0.15, 0.2) is 12.4 Å². The van der Waals surface area contributed by atoms with Gasteiger partial charge in [0.25, 0.3) is 5.92 Å². The summed E-state index contributed by atoms with van der Waals surface area (Å²) in [6.45, 7) is 0.352. The number of nitrogens with zero attached hydrogens (tertiary/aromatic N) is 4. The maximum Gasteiger partial charge on any atom is 0.270 e. The lowest BCUT2D eigenvalue weighted by molar-refractivity contribution is -0.0795. The van der Waals surface area contributed by atoms with E-state index in [9.17, 15) is 8.78 Å². The minimum atomic E-state index is -2.63. The molecule has 2 aromatic rings. The van der Waals surface area contributed by atoms with Gasteiger partial charge in [-0.1, -0.05) is 0 Å². The van der Waals surface area contributed by atoms with Crippen LogP contribution in [0.3, 0.4) is 0 Å². The zero-order chi connectivity index (χ0) is 13.1. The second kappa shape index (κ2) is 3.40. The van der Waals surface area contributed by atoms with Crippen molar-refractivity contribution in [1.29, 1.82) is 0 Å². The van der Waals surface area contributed by atoms with Gasteiger partial charge in [0.15, 0.2) is 5.65 Å². The summed E-state index contributed by atoms with van der Waals surface area (Å²) in [4.78, 5) is 10.1. The number of anilines is 1. The predicted molar refractivity (Wildman–Crippen MR) is 65.1 cm³/mol. The predicted octanol–water partition coefficient (Wildman–Crippen LogP) is 1.98. The van der Waals surface area contributed by atoms with E-state index in [-0.39, 0.29) is 6.54 Å². The van der Waals surface area contributed by atoms with Crippen LogP contribution in [0.1, 0.15) is 19.3 Å². The van der Waals surface area contributed by atoms with E-state index in [0.29, 0.717) is 42.8 Å². The van der Waals surface area contributed by atoms with Crippen LogP contribution in [0, 0.1) is 5.41 Å². The van der Waals surface area contributed by atoms with Crippen LogP contribution in [-0.2, 0) is 0 Å². The minimum absolute atomic E-state index is 0.263. The van der Waals surface area contributed by atoms with Gasteiger partial charge < -0.3 is 4.90 Å². The van der Waals surface area contributed by atoms with Gasteiger partial charge in [-0.3, -0.25) is 5.10 Å². The Bertz CT molecular complexity index is 634. The number of halogens is 2. The monoisotopic (exact) mass is 265 g/mol. The lowest BCUT2D eigenvalue weighted by atomic mass is 9.89. The number of aromatic amines is 1. The molecule has 0 aromatic carbocycles. The number of alkyl halides is 2.